The summed E-state index contributed by atoms with van der Waals surface area (Å²) in [6, 6.07) is 1.10. The number of hydrogen-bond donors (Lipinski definition) is 2. The molecule has 1 fully saturated rings. The van der Waals surface area contributed by atoms with E-state index in [1.54, 1.807) is 11.9 Å². The Morgan fingerprint density at radius 2 is 2.37 bits per heavy atom. The van der Waals surface area contributed by atoms with Crippen molar-refractivity contribution < 1.29 is 14.0 Å². The molecule has 7 heteroatoms. The smallest absolute Gasteiger partial charge is 0.254 e. The molecule has 0 saturated carbocycles. The summed E-state index contributed by atoms with van der Waals surface area (Å²) in [6.07, 6.45) is 2.21. The largest absolute Gasteiger partial charge is 0.381 e. The number of aromatic nitrogens is 1. The molecule has 2 amide bonds. The molecule has 1 aliphatic heterocycles. The Hall–Kier alpha value is -2.18. The fraction of sp³-hybridized carbons (Fsp3) is 0.417. The average molecular weight is 266 g/mol. The minimum absolute atomic E-state index is 0.0461. The number of anilines is 1. The fourth-order valence-corrected chi connectivity index (χ4v) is 2.03. The third-order valence-electron chi connectivity index (χ3n) is 3.12. The summed E-state index contributed by atoms with van der Waals surface area (Å²) in [6.45, 7) is 0.423. The van der Waals surface area contributed by atoms with Crippen LogP contribution in [0.5, 0.6) is 0 Å². The maximum absolute atomic E-state index is 13.6. The van der Waals surface area contributed by atoms with Crippen molar-refractivity contribution in [3.63, 3.8) is 0 Å². The van der Waals surface area contributed by atoms with Crippen molar-refractivity contribution in [1.82, 2.24) is 15.2 Å². The Bertz CT molecular complexity index is 520. The highest BCUT2D eigenvalue weighted by molar-refractivity contribution is 5.95. The first-order valence-corrected chi connectivity index (χ1v) is 5.94. The first-order valence-electron chi connectivity index (χ1n) is 5.94. The van der Waals surface area contributed by atoms with Crippen LogP contribution in [0.3, 0.4) is 0 Å². The number of likely N-dealkylation sites (tertiary alicyclic amines) is 1. The summed E-state index contributed by atoms with van der Waals surface area (Å²) >= 11 is 0. The van der Waals surface area contributed by atoms with Crippen LogP contribution in [-0.4, -0.2) is 41.3 Å². The number of pyridine rings is 1. The van der Waals surface area contributed by atoms with Crippen LogP contribution in [0.25, 0.3) is 0 Å². The zero-order chi connectivity index (χ0) is 14.0. The monoisotopic (exact) mass is 266 g/mol. The average Bonchev–Trinajstić information content (AvgIpc) is 2.37. The number of rotatable bonds is 2. The molecule has 1 unspecified atom stereocenters. The third-order valence-corrected chi connectivity index (χ3v) is 3.12. The molecule has 1 aromatic heterocycles. The van der Waals surface area contributed by atoms with E-state index in [0.717, 1.165) is 0 Å². The van der Waals surface area contributed by atoms with Crippen LogP contribution < -0.4 is 11.1 Å². The van der Waals surface area contributed by atoms with Gasteiger partial charge < -0.3 is 16.0 Å². The topological polar surface area (TPSA) is 88.3 Å². The molecule has 102 valence electrons. The molecule has 0 bridgehead atoms. The van der Waals surface area contributed by atoms with Crippen molar-refractivity contribution in [2.75, 3.05) is 19.3 Å². The minimum atomic E-state index is -0.819. The lowest BCUT2D eigenvalue weighted by atomic mass is 10.1. The number of carbonyl (C=O) groups excluding carboxylic acids is 2. The zero-order valence-electron chi connectivity index (χ0n) is 10.5. The highest BCUT2D eigenvalue weighted by Gasteiger charge is 2.25. The number of nitrogens with one attached hydrogen (secondary N) is 1. The van der Waals surface area contributed by atoms with E-state index in [4.69, 9.17) is 5.73 Å². The Labute approximate surface area is 109 Å². The van der Waals surface area contributed by atoms with Gasteiger partial charge in [0.1, 0.15) is 0 Å². The Balaban J connectivity index is 2.05. The highest BCUT2D eigenvalue weighted by atomic mass is 19.1. The normalized spacial score (nSPS) is 19.4. The Morgan fingerprint density at radius 1 is 1.63 bits per heavy atom. The van der Waals surface area contributed by atoms with Crippen LogP contribution in [-0.2, 0) is 4.79 Å². The molecular weight excluding hydrogens is 251 g/mol. The van der Waals surface area contributed by atoms with E-state index in [0.29, 0.717) is 19.4 Å². The van der Waals surface area contributed by atoms with Crippen molar-refractivity contribution >= 4 is 17.6 Å². The molecular formula is C12H15FN4O2. The standard InChI is InChI=1S/C12H15FN4O2/c1-17-6-7(2-3-9(17)18)16-12(19)8-4-5-15-11(14)10(8)13/h4-5,7H,2-3,6H2,1H3,(H2,14,15)(H,16,19). The predicted molar refractivity (Wildman–Crippen MR) is 66.7 cm³/mol. The second kappa shape index (κ2) is 5.21. The molecule has 0 spiro atoms. The SMILES string of the molecule is CN1CC(NC(=O)c2ccnc(N)c2F)CCC1=O. The number of hydrogen-bond acceptors (Lipinski definition) is 4. The van der Waals surface area contributed by atoms with Crippen LogP contribution in [0.15, 0.2) is 12.3 Å². The minimum Gasteiger partial charge on any atom is -0.381 e. The van der Waals surface area contributed by atoms with Gasteiger partial charge in [0.15, 0.2) is 11.6 Å². The summed E-state index contributed by atoms with van der Waals surface area (Å²) in [4.78, 5) is 28.4. The second-order valence-electron chi connectivity index (χ2n) is 4.54. The maximum Gasteiger partial charge on any atom is 0.254 e. The van der Waals surface area contributed by atoms with E-state index in [-0.39, 0.29) is 23.3 Å². The van der Waals surface area contributed by atoms with Gasteiger partial charge in [-0.1, -0.05) is 0 Å². The van der Waals surface area contributed by atoms with Crippen LogP contribution in [0.4, 0.5) is 10.2 Å². The summed E-state index contributed by atoms with van der Waals surface area (Å²) in [5.74, 6) is -1.62. The van der Waals surface area contributed by atoms with E-state index in [1.807, 2.05) is 0 Å². The first kappa shape index (κ1) is 13.3. The van der Waals surface area contributed by atoms with E-state index in [2.05, 4.69) is 10.3 Å². The maximum atomic E-state index is 13.6. The van der Waals surface area contributed by atoms with Crippen LogP contribution >= 0.6 is 0 Å². The van der Waals surface area contributed by atoms with Crippen molar-refractivity contribution in [3.05, 3.63) is 23.6 Å². The van der Waals surface area contributed by atoms with Crippen LogP contribution in [0.1, 0.15) is 23.2 Å². The summed E-state index contributed by atoms with van der Waals surface area (Å²) in [5, 5.41) is 2.70. The summed E-state index contributed by atoms with van der Waals surface area (Å²) in [5.41, 5.74) is 5.18. The second-order valence-corrected chi connectivity index (χ2v) is 4.54. The molecule has 19 heavy (non-hydrogen) atoms. The summed E-state index contributed by atoms with van der Waals surface area (Å²) < 4.78 is 13.6. The van der Waals surface area contributed by atoms with Crippen molar-refractivity contribution in [2.45, 2.75) is 18.9 Å². The van der Waals surface area contributed by atoms with E-state index < -0.39 is 11.7 Å². The number of likely N-dealkylation sites (N-methyl/N-ethyl adjacent to an activating group) is 1. The zero-order valence-corrected chi connectivity index (χ0v) is 10.5. The van der Waals surface area contributed by atoms with Gasteiger partial charge in [-0.25, -0.2) is 9.37 Å². The fourth-order valence-electron chi connectivity index (χ4n) is 2.03. The van der Waals surface area contributed by atoms with Crippen molar-refractivity contribution in [3.8, 4) is 0 Å². The van der Waals surface area contributed by atoms with E-state index in [9.17, 15) is 14.0 Å². The first-order chi connectivity index (χ1) is 8.99. The lowest BCUT2D eigenvalue weighted by Gasteiger charge is -2.30. The van der Waals surface area contributed by atoms with Gasteiger partial charge in [0.2, 0.25) is 5.91 Å². The van der Waals surface area contributed by atoms with Gasteiger partial charge in [-0.15, -0.1) is 0 Å². The molecule has 0 aromatic carbocycles. The molecule has 3 N–H and O–H groups in total. The van der Waals surface area contributed by atoms with Gasteiger partial charge in [0, 0.05) is 32.3 Å². The molecule has 0 aliphatic carbocycles. The number of nitrogens with zero attached hydrogens (tertiary/aromatic N) is 2. The molecule has 2 heterocycles. The predicted octanol–water partition coefficient (Wildman–Crippen LogP) is 0.153. The number of halogens is 1. The quantitative estimate of drug-likeness (QED) is 0.797. The van der Waals surface area contributed by atoms with Crippen LogP contribution in [0.2, 0.25) is 0 Å². The molecule has 1 atom stereocenters. The lowest BCUT2D eigenvalue weighted by Crippen LogP contribution is -2.48. The number of amides is 2. The van der Waals surface area contributed by atoms with Gasteiger partial charge >= 0.3 is 0 Å². The molecule has 2 rings (SSSR count). The number of piperidine rings is 1. The van der Waals surface area contributed by atoms with Gasteiger partial charge in [0.05, 0.1) is 5.56 Å². The number of nitrogen functional groups attached to an aromatic ring is 1. The van der Waals surface area contributed by atoms with Crippen LogP contribution in [0, 0.1) is 5.82 Å². The van der Waals surface area contributed by atoms with Gasteiger partial charge in [-0.2, -0.15) is 0 Å². The molecule has 1 aliphatic rings. The van der Waals surface area contributed by atoms with E-state index >= 15 is 0 Å². The highest BCUT2D eigenvalue weighted by Crippen LogP contribution is 2.14. The van der Waals surface area contributed by atoms with Crippen molar-refractivity contribution in [2.24, 2.45) is 0 Å². The number of nitrogens with two attached hydrogens (primary N) is 1. The molecule has 6 nitrogen and oxygen atoms in total. The molecule has 0 radical (unpaired) electrons. The molecule has 1 saturated heterocycles. The Morgan fingerprint density at radius 3 is 3.05 bits per heavy atom. The third kappa shape index (κ3) is 2.81. The van der Waals surface area contributed by atoms with Crippen molar-refractivity contribution in [1.29, 1.82) is 0 Å². The van der Waals surface area contributed by atoms with Gasteiger partial charge in [0.25, 0.3) is 5.91 Å². The Kier molecular flexibility index (Phi) is 3.64. The lowest BCUT2D eigenvalue weighted by molar-refractivity contribution is -0.132. The van der Waals surface area contributed by atoms with Gasteiger partial charge in [-0.05, 0) is 12.5 Å². The number of carbonyl (C=O) groups is 2. The van der Waals surface area contributed by atoms with E-state index in [1.165, 1.54) is 12.3 Å². The van der Waals surface area contributed by atoms with Gasteiger partial charge in [-0.3, -0.25) is 9.59 Å². The molecule has 1 aromatic rings. The summed E-state index contributed by atoms with van der Waals surface area (Å²) in [7, 11) is 1.67.